The summed E-state index contributed by atoms with van der Waals surface area (Å²) in [5.74, 6) is 0. The molecular weight excluding hydrogens is 312 g/mol. The molecule has 0 fully saturated rings. The standard InChI is InChI=1S/C21H48N2O2/c1-7-22(8-2,9-3)16-20-24-18-14-13-15-19-25-21-17-23(10-4,11-5)12-6/h7-21H2,1-6H3/q+2. The molecule has 0 bridgehead atoms. The summed E-state index contributed by atoms with van der Waals surface area (Å²) in [5.41, 5.74) is 0. The van der Waals surface area contributed by atoms with Gasteiger partial charge in [-0.05, 0) is 60.8 Å². The largest absolute Gasteiger partial charge is 0.376 e. The van der Waals surface area contributed by atoms with E-state index in [0.29, 0.717) is 0 Å². The molecule has 0 aliphatic heterocycles. The highest BCUT2D eigenvalue weighted by Gasteiger charge is 2.20. The Morgan fingerprint density at radius 2 is 0.760 bits per heavy atom. The summed E-state index contributed by atoms with van der Waals surface area (Å²) in [7, 11) is 0. The van der Waals surface area contributed by atoms with E-state index >= 15 is 0 Å². The molecule has 0 radical (unpaired) electrons. The van der Waals surface area contributed by atoms with Gasteiger partial charge < -0.3 is 18.4 Å². The maximum atomic E-state index is 5.85. The van der Waals surface area contributed by atoms with Crippen LogP contribution in [0.4, 0.5) is 0 Å². The van der Waals surface area contributed by atoms with Crippen molar-refractivity contribution in [3.63, 3.8) is 0 Å². The summed E-state index contributed by atoms with van der Waals surface area (Å²) < 4.78 is 14.1. The van der Waals surface area contributed by atoms with Crippen molar-refractivity contribution in [3.05, 3.63) is 0 Å². The predicted octanol–water partition coefficient (Wildman–Crippen LogP) is 3.94. The van der Waals surface area contributed by atoms with E-state index < -0.39 is 0 Å². The van der Waals surface area contributed by atoms with Crippen LogP contribution in [0.5, 0.6) is 0 Å². The molecule has 0 amide bonds. The number of hydrogen-bond donors (Lipinski definition) is 0. The molecule has 25 heavy (non-hydrogen) atoms. The SMILES string of the molecule is CC[N+](CC)(CC)CCOCCCCCOCC[N+](CC)(CC)CC. The van der Waals surface area contributed by atoms with Gasteiger partial charge >= 0.3 is 0 Å². The molecule has 0 saturated heterocycles. The van der Waals surface area contributed by atoms with Crippen molar-refractivity contribution in [1.82, 2.24) is 0 Å². The second-order valence-corrected chi connectivity index (χ2v) is 7.31. The predicted molar refractivity (Wildman–Crippen MR) is 109 cm³/mol. The van der Waals surface area contributed by atoms with Crippen LogP contribution in [-0.4, -0.2) is 87.8 Å². The average molecular weight is 361 g/mol. The van der Waals surface area contributed by atoms with Crippen molar-refractivity contribution >= 4 is 0 Å². The Kier molecular flexibility index (Phi) is 14.9. The number of rotatable bonds is 18. The number of hydrogen-bond acceptors (Lipinski definition) is 2. The van der Waals surface area contributed by atoms with E-state index in [1.54, 1.807) is 0 Å². The summed E-state index contributed by atoms with van der Waals surface area (Å²) in [6.45, 7) is 26.9. The topological polar surface area (TPSA) is 18.5 Å². The van der Waals surface area contributed by atoms with E-state index in [0.717, 1.165) is 52.4 Å². The van der Waals surface area contributed by atoms with E-state index in [4.69, 9.17) is 9.47 Å². The van der Waals surface area contributed by atoms with Crippen LogP contribution in [0.2, 0.25) is 0 Å². The zero-order valence-electron chi connectivity index (χ0n) is 18.3. The molecule has 0 unspecified atom stereocenters. The van der Waals surface area contributed by atoms with Gasteiger partial charge in [-0.25, -0.2) is 0 Å². The van der Waals surface area contributed by atoms with Crippen LogP contribution in [0.3, 0.4) is 0 Å². The van der Waals surface area contributed by atoms with Gasteiger partial charge in [0.15, 0.2) is 0 Å². The van der Waals surface area contributed by atoms with E-state index in [1.165, 1.54) is 54.7 Å². The van der Waals surface area contributed by atoms with E-state index in [-0.39, 0.29) is 0 Å². The van der Waals surface area contributed by atoms with Gasteiger partial charge in [0.1, 0.15) is 13.1 Å². The first-order valence-electron chi connectivity index (χ1n) is 10.9. The summed E-state index contributed by atoms with van der Waals surface area (Å²) >= 11 is 0. The summed E-state index contributed by atoms with van der Waals surface area (Å²) in [5, 5.41) is 0. The number of ether oxygens (including phenoxy) is 2. The fourth-order valence-corrected chi connectivity index (χ4v) is 3.60. The molecule has 0 saturated carbocycles. The smallest absolute Gasteiger partial charge is 0.102 e. The molecular formula is C21H48N2O2+2. The molecule has 152 valence electrons. The Labute approximate surface area is 158 Å². The van der Waals surface area contributed by atoms with Gasteiger partial charge in [-0.15, -0.1) is 0 Å². The van der Waals surface area contributed by atoms with Crippen LogP contribution in [0.15, 0.2) is 0 Å². The maximum Gasteiger partial charge on any atom is 0.102 e. The lowest BCUT2D eigenvalue weighted by Gasteiger charge is -2.35. The monoisotopic (exact) mass is 360 g/mol. The lowest BCUT2D eigenvalue weighted by atomic mass is 10.2. The highest BCUT2D eigenvalue weighted by Crippen LogP contribution is 2.07. The zero-order chi connectivity index (χ0) is 19.0. The summed E-state index contributed by atoms with van der Waals surface area (Å²) in [6, 6.07) is 0. The van der Waals surface area contributed by atoms with Crippen molar-refractivity contribution in [3.8, 4) is 0 Å². The van der Waals surface area contributed by atoms with Crippen LogP contribution >= 0.6 is 0 Å². The first-order valence-corrected chi connectivity index (χ1v) is 10.9. The Hall–Kier alpha value is -0.160. The first kappa shape index (κ1) is 24.8. The molecule has 0 aliphatic carbocycles. The normalized spacial score (nSPS) is 12.7. The number of nitrogens with zero attached hydrogens (tertiary/aromatic N) is 2. The van der Waals surface area contributed by atoms with Gasteiger partial charge in [0.2, 0.25) is 0 Å². The van der Waals surface area contributed by atoms with E-state index in [9.17, 15) is 0 Å². The number of unbranched alkanes of at least 4 members (excludes halogenated alkanes) is 2. The molecule has 0 N–H and O–H groups in total. The Morgan fingerprint density at radius 3 is 1.04 bits per heavy atom. The van der Waals surface area contributed by atoms with Gasteiger partial charge in [0, 0.05) is 13.2 Å². The van der Waals surface area contributed by atoms with Crippen molar-refractivity contribution in [2.24, 2.45) is 0 Å². The molecule has 0 aromatic rings. The van der Waals surface area contributed by atoms with Crippen molar-refractivity contribution in [2.75, 3.05) is 78.8 Å². The Balaban J connectivity index is 3.54. The molecule has 4 heteroatoms. The second-order valence-electron chi connectivity index (χ2n) is 7.31. The maximum absolute atomic E-state index is 5.85. The minimum absolute atomic E-state index is 0.900. The van der Waals surface area contributed by atoms with Crippen molar-refractivity contribution in [1.29, 1.82) is 0 Å². The minimum atomic E-state index is 0.900. The molecule has 0 spiro atoms. The third-order valence-corrected chi connectivity index (χ3v) is 6.52. The Morgan fingerprint density at radius 1 is 0.440 bits per heavy atom. The second kappa shape index (κ2) is 15.0. The van der Waals surface area contributed by atoms with E-state index in [2.05, 4.69) is 41.5 Å². The Bertz CT molecular complexity index is 245. The fraction of sp³-hybridized carbons (Fsp3) is 1.00. The first-order chi connectivity index (χ1) is 12.1. The molecule has 4 nitrogen and oxygen atoms in total. The zero-order valence-corrected chi connectivity index (χ0v) is 18.3. The third kappa shape index (κ3) is 9.93. The molecule has 0 aromatic carbocycles. The molecule has 0 aliphatic rings. The van der Waals surface area contributed by atoms with Crippen LogP contribution in [-0.2, 0) is 9.47 Å². The molecule has 0 atom stereocenters. The molecule has 0 heterocycles. The van der Waals surface area contributed by atoms with Crippen LogP contribution in [0.1, 0.15) is 60.8 Å². The van der Waals surface area contributed by atoms with E-state index in [1.807, 2.05) is 0 Å². The lowest BCUT2D eigenvalue weighted by Crippen LogP contribution is -2.49. The van der Waals surface area contributed by atoms with Gasteiger partial charge in [0.25, 0.3) is 0 Å². The van der Waals surface area contributed by atoms with Crippen LogP contribution in [0.25, 0.3) is 0 Å². The molecule has 0 aromatic heterocycles. The fourth-order valence-electron chi connectivity index (χ4n) is 3.60. The molecule has 0 rings (SSSR count). The van der Waals surface area contributed by atoms with Gasteiger partial charge in [0.05, 0.1) is 52.5 Å². The van der Waals surface area contributed by atoms with Crippen LogP contribution < -0.4 is 0 Å². The van der Waals surface area contributed by atoms with Crippen molar-refractivity contribution in [2.45, 2.75) is 60.8 Å². The van der Waals surface area contributed by atoms with Gasteiger partial charge in [-0.2, -0.15) is 0 Å². The third-order valence-electron chi connectivity index (χ3n) is 6.52. The quantitative estimate of drug-likeness (QED) is 0.272. The average Bonchev–Trinajstić information content (AvgIpc) is 2.67. The lowest BCUT2D eigenvalue weighted by molar-refractivity contribution is -0.923. The minimum Gasteiger partial charge on any atom is -0.376 e. The highest BCUT2D eigenvalue weighted by atomic mass is 16.5. The van der Waals surface area contributed by atoms with Gasteiger partial charge in [-0.3, -0.25) is 0 Å². The highest BCUT2D eigenvalue weighted by molar-refractivity contribution is 4.44. The summed E-state index contributed by atoms with van der Waals surface area (Å²) in [6.07, 6.45) is 3.53. The number of quaternary nitrogens is 2. The van der Waals surface area contributed by atoms with Crippen molar-refractivity contribution < 1.29 is 18.4 Å². The summed E-state index contributed by atoms with van der Waals surface area (Å²) in [4.78, 5) is 0. The van der Waals surface area contributed by atoms with Gasteiger partial charge in [-0.1, -0.05) is 0 Å². The number of likely N-dealkylation sites (N-methyl/N-ethyl adjacent to an activating group) is 2. The van der Waals surface area contributed by atoms with Crippen LogP contribution in [0, 0.1) is 0 Å².